The molecule has 3 aromatic rings. The minimum absolute atomic E-state index is 0. The second-order valence-electron chi connectivity index (χ2n) is 7.21. The SMILES string of the molecule is Cc1nc2c(OCc3ccccc3[N+](=O)[O-])ccc(C)n2c1[N+](C)(C)C.[I-]. The van der Waals surface area contributed by atoms with Crippen LogP contribution in [0.4, 0.5) is 11.5 Å². The number of nitrogens with zero attached hydrogens (tertiary/aromatic N) is 4. The van der Waals surface area contributed by atoms with Crippen molar-refractivity contribution < 1.29 is 33.6 Å². The number of quaternary nitrogens is 1. The number of pyridine rings is 1. The van der Waals surface area contributed by atoms with Crippen LogP contribution >= 0.6 is 0 Å². The van der Waals surface area contributed by atoms with Crippen molar-refractivity contribution >= 4 is 17.2 Å². The van der Waals surface area contributed by atoms with Gasteiger partial charge in [-0.15, -0.1) is 0 Å². The highest BCUT2D eigenvalue weighted by molar-refractivity contribution is 5.63. The van der Waals surface area contributed by atoms with E-state index in [1.54, 1.807) is 18.2 Å². The van der Waals surface area contributed by atoms with Gasteiger partial charge in [0, 0.05) is 11.8 Å². The normalized spacial score (nSPS) is 11.3. The van der Waals surface area contributed by atoms with Gasteiger partial charge in [-0.1, -0.05) is 12.1 Å². The molecule has 3 rings (SSSR count). The number of nitro benzene ring substituents is 1. The van der Waals surface area contributed by atoms with E-state index in [1.165, 1.54) is 6.07 Å². The highest BCUT2D eigenvalue weighted by Gasteiger charge is 2.25. The first kappa shape index (κ1) is 21.1. The first-order chi connectivity index (χ1) is 12.2. The third-order valence-electron chi connectivity index (χ3n) is 4.28. The van der Waals surface area contributed by atoms with Gasteiger partial charge >= 0.3 is 0 Å². The highest BCUT2D eigenvalue weighted by Crippen LogP contribution is 2.31. The van der Waals surface area contributed by atoms with Crippen LogP contribution in [0.25, 0.3) is 5.65 Å². The topological polar surface area (TPSA) is 69.7 Å². The number of ether oxygens (including phenoxy) is 1. The summed E-state index contributed by atoms with van der Waals surface area (Å²) in [5.74, 6) is 1.69. The van der Waals surface area contributed by atoms with Crippen LogP contribution in [0, 0.1) is 24.0 Å². The van der Waals surface area contributed by atoms with Crippen molar-refractivity contribution in [2.75, 3.05) is 21.1 Å². The number of halogens is 1. The molecular weight excluding hydrogens is 459 g/mol. The van der Waals surface area contributed by atoms with Crippen LogP contribution in [0.1, 0.15) is 17.0 Å². The van der Waals surface area contributed by atoms with E-state index in [0.717, 1.165) is 22.9 Å². The summed E-state index contributed by atoms with van der Waals surface area (Å²) in [7, 11) is 6.28. The molecule has 0 spiro atoms. The molecule has 0 aliphatic rings. The van der Waals surface area contributed by atoms with Crippen LogP contribution in [0.3, 0.4) is 0 Å². The molecule has 0 atom stereocenters. The van der Waals surface area contributed by atoms with Crippen molar-refractivity contribution in [1.29, 1.82) is 0 Å². The quantitative estimate of drug-likeness (QED) is 0.232. The van der Waals surface area contributed by atoms with Crippen LogP contribution in [0.15, 0.2) is 36.4 Å². The Morgan fingerprint density at radius 2 is 1.81 bits per heavy atom. The van der Waals surface area contributed by atoms with Crippen molar-refractivity contribution in [1.82, 2.24) is 13.9 Å². The van der Waals surface area contributed by atoms with Gasteiger partial charge in [0.2, 0.25) is 5.82 Å². The molecule has 0 aliphatic heterocycles. The summed E-state index contributed by atoms with van der Waals surface area (Å²) in [6, 6.07) is 10.5. The lowest BCUT2D eigenvalue weighted by molar-refractivity contribution is -0.385. The van der Waals surface area contributed by atoms with E-state index in [4.69, 9.17) is 9.72 Å². The third-order valence-corrected chi connectivity index (χ3v) is 4.28. The minimum atomic E-state index is -0.391. The molecule has 2 aromatic heterocycles. The molecule has 0 saturated heterocycles. The number of aromatic nitrogens is 2. The molecule has 0 unspecified atom stereocenters. The van der Waals surface area contributed by atoms with Gasteiger partial charge in [0.15, 0.2) is 11.4 Å². The van der Waals surface area contributed by atoms with Gasteiger partial charge in [-0.25, -0.2) is 9.38 Å². The monoisotopic (exact) mass is 482 g/mol. The zero-order chi connectivity index (χ0) is 19.1. The van der Waals surface area contributed by atoms with Crippen LogP contribution in [0.5, 0.6) is 5.75 Å². The second kappa shape index (κ2) is 7.81. The average Bonchev–Trinajstić information content (AvgIpc) is 2.92. The maximum Gasteiger partial charge on any atom is 0.276 e. The molecule has 27 heavy (non-hydrogen) atoms. The number of nitro groups is 1. The Kier molecular flexibility index (Phi) is 6.10. The number of hydrogen-bond donors (Lipinski definition) is 0. The smallest absolute Gasteiger partial charge is 0.276 e. The maximum absolute atomic E-state index is 11.2. The number of fused-ring (bicyclic) bond motifs is 1. The van der Waals surface area contributed by atoms with Gasteiger partial charge in [0.05, 0.1) is 31.6 Å². The van der Waals surface area contributed by atoms with Crippen molar-refractivity contribution in [3.05, 3.63) is 63.5 Å². The van der Waals surface area contributed by atoms with Crippen molar-refractivity contribution in [2.45, 2.75) is 20.5 Å². The molecule has 0 fully saturated rings. The van der Waals surface area contributed by atoms with Crippen molar-refractivity contribution in [3.63, 3.8) is 0 Å². The number of imidazole rings is 1. The first-order valence-corrected chi connectivity index (χ1v) is 8.36. The summed E-state index contributed by atoms with van der Waals surface area (Å²) >= 11 is 0. The Bertz CT molecular complexity index is 993. The van der Waals surface area contributed by atoms with E-state index in [9.17, 15) is 10.1 Å². The van der Waals surface area contributed by atoms with Crippen molar-refractivity contribution in [3.8, 4) is 5.75 Å². The molecule has 0 bridgehead atoms. The molecule has 1 aromatic carbocycles. The van der Waals surface area contributed by atoms with E-state index in [-0.39, 0.29) is 36.3 Å². The second-order valence-corrected chi connectivity index (χ2v) is 7.21. The number of hydrogen-bond acceptors (Lipinski definition) is 4. The predicted octanol–water partition coefficient (Wildman–Crippen LogP) is 0.639. The zero-order valence-corrected chi connectivity index (χ0v) is 18.2. The molecule has 0 aliphatic carbocycles. The van der Waals surface area contributed by atoms with Gasteiger partial charge in [-0.05, 0) is 32.0 Å². The summed E-state index contributed by atoms with van der Waals surface area (Å²) in [6.07, 6.45) is 0. The lowest BCUT2D eigenvalue weighted by Crippen LogP contribution is -3.00. The molecule has 0 N–H and O–H groups in total. The van der Waals surface area contributed by atoms with E-state index in [0.29, 0.717) is 15.8 Å². The number of benzene rings is 1. The van der Waals surface area contributed by atoms with Crippen LogP contribution in [-0.2, 0) is 6.61 Å². The number of aryl methyl sites for hydroxylation is 2. The Labute approximate surface area is 175 Å². The Morgan fingerprint density at radius 3 is 2.44 bits per heavy atom. The van der Waals surface area contributed by atoms with E-state index in [1.807, 2.05) is 26.0 Å². The van der Waals surface area contributed by atoms with Crippen LogP contribution in [0.2, 0.25) is 0 Å². The van der Waals surface area contributed by atoms with E-state index in [2.05, 4.69) is 25.5 Å². The summed E-state index contributed by atoms with van der Waals surface area (Å²) in [4.78, 5) is 15.5. The lowest BCUT2D eigenvalue weighted by Gasteiger charge is -2.24. The summed E-state index contributed by atoms with van der Waals surface area (Å²) in [5.41, 5.74) is 3.31. The molecule has 0 radical (unpaired) electrons. The Balaban J connectivity index is 0.00000261. The molecular formula is C19H23IN4O3. The maximum atomic E-state index is 11.2. The zero-order valence-electron chi connectivity index (χ0n) is 16.1. The van der Waals surface area contributed by atoms with E-state index >= 15 is 0 Å². The fourth-order valence-electron chi connectivity index (χ4n) is 3.23. The molecule has 2 heterocycles. The fraction of sp³-hybridized carbons (Fsp3) is 0.316. The van der Waals surface area contributed by atoms with Gasteiger partial charge in [-0.3, -0.25) is 14.6 Å². The number of rotatable bonds is 5. The van der Waals surface area contributed by atoms with Gasteiger partial charge in [0.25, 0.3) is 5.69 Å². The minimum Gasteiger partial charge on any atom is -1.00 e. The van der Waals surface area contributed by atoms with Crippen molar-refractivity contribution in [2.24, 2.45) is 0 Å². The fourth-order valence-corrected chi connectivity index (χ4v) is 3.23. The first-order valence-electron chi connectivity index (χ1n) is 8.36. The molecule has 0 saturated carbocycles. The average molecular weight is 482 g/mol. The lowest BCUT2D eigenvalue weighted by atomic mass is 10.2. The molecule has 0 amide bonds. The standard InChI is InChI=1S/C19H23N4O3.HI/c1-13-10-11-17(18-20-14(2)19(21(13)18)23(3,4)5)26-12-15-8-6-7-9-16(15)22(24)25;/h6-11H,12H2,1-5H3;1H/q+1;/p-1. The highest BCUT2D eigenvalue weighted by atomic mass is 127. The summed E-state index contributed by atoms with van der Waals surface area (Å²) in [6.45, 7) is 4.12. The Morgan fingerprint density at radius 1 is 1.15 bits per heavy atom. The summed E-state index contributed by atoms with van der Waals surface area (Å²) < 4.78 is 8.65. The summed E-state index contributed by atoms with van der Waals surface area (Å²) in [5, 5.41) is 11.2. The molecule has 144 valence electrons. The number of para-hydroxylation sites is 1. The predicted molar refractivity (Wildman–Crippen MR) is 102 cm³/mol. The van der Waals surface area contributed by atoms with Gasteiger partial charge in [-0.2, -0.15) is 0 Å². The Hall–Kier alpha value is -2.20. The molecule has 8 heteroatoms. The largest absolute Gasteiger partial charge is 1.00 e. The third kappa shape index (κ3) is 4.06. The van der Waals surface area contributed by atoms with Gasteiger partial charge < -0.3 is 28.7 Å². The molecule has 7 nitrogen and oxygen atoms in total. The van der Waals surface area contributed by atoms with Crippen LogP contribution in [-0.4, -0.2) is 35.5 Å². The van der Waals surface area contributed by atoms with Gasteiger partial charge in [0.1, 0.15) is 12.3 Å². The van der Waals surface area contributed by atoms with E-state index < -0.39 is 4.92 Å². The van der Waals surface area contributed by atoms with Crippen LogP contribution < -0.4 is 33.2 Å².